The quantitative estimate of drug-likeness (QED) is 0.897. The molecule has 0 aliphatic carbocycles. The number of hydrogen-bond acceptors (Lipinski definition) is 3. The van der Waals surface area contributed by atoms with Crippen molar-refractivity contribution >= 4 is 33.6 Å². The van der Waals surface area contributed by atoms with Gasteiger partial charge in [-0.2, -0.15) is 0 Å². The Morgan fingerprint density at radius 1 is 1.39 bits per heavy atom. The van der Waals surface area contributed by atoms with Gasteiger partial charge >= 0.3 is 6.09 Å². The number of carbonyl (C=O) groups is 2. The van der Waals surface area contributed by atoms with E-state index in [1.165, 1.54) is 0 Å². The van der Waals surface area contributed by atoms with Crippen molar-refractivity contribution in [1.29, 1.82) is 0 Å². The first-order valence-electron chi connectivity index (χ1n) is 5.49. The number of aryl methyl sites for hydroxylation is 1. The van der Waals surface area contributed by atoms with Crippen LogP contribution >= 0.6 is 15.9 Å². The molecule has 1 rings (SSSR count). The Balaban J connectivity index is 2.47. The molecule has 0 radical (unpaired) electrons. The predicted octanol–water partition coefficient (Wildman–Crippen LogP) is 2.44. The van der Waals surface area contributed by atoms with E-state index in [0.29, 0.717) is 5.69 Å². The number of nitrogens with one attached hydrogen (secondary N) is 2. The molecule has 0 spiro atoms. The molecule has 98 valence electrons. The second-order valence-corrected chi connectivity index (χ2v) is 4.46. The summed E-state index contributed by atoms with van der Waals surface area (Å²) in [6, 6.07) is 5.58. The van der Waals surface area contributed by atoms with Crippen LogP contribution in [0.1, 0.15) is 12.5 Å². The second-order valence-electron chi connectivity index (χ2n) is 3.61. The van der Waals surface area contributed by atoms with Gasteiger partial charge in [0.2, 0.25) is 5.91 Å². The van der Waals surface area contributed by atoms with Gasteiger partial charge in [-0.1, -0.05) is 6.07 Å². The summed E-state index contributed by atoms with van der Waals surface area (Å²) < 4.78 is 5.44. The molecule has 0 bridgehead atoms. The normalized spacial score (nSPS) is 9.72. The van der Waals surface area contributed by atoms with Gasteiger partial charge in [-0.3, -0.25) is 4.79 Å². The van der Waals surface area contributed by atoms with E-state index < -0.39 is 6.09 Å². The summed E-state index contributed by atoms with van der Waals surface area (Å²) in [6.45, 7) is 3.80. The number of benzene rings is 1. The molecule has 1 aromatic carbocycles. The molecular formula is C12H15BrN2O3. The molecule has 2 amide bonds. The van der Waals surface area contributed by atoms with Crippen LogP contribution in [0.4, 0.5) is 10.5 Å². The third-order valence-corrected chi connectivity index (χ3v) is 2.72. The van der Waals surface area contributed by atoms with Crippen LogP contribution in [-0.4, -0.2) is 25.2 Å². The third kappa shape index (κ3) is 4.75. The Bertz CT molecular complexity index is 449. The average molecular weight is 315 g/mol. The molecule has 1 aromatic rings. The molecule has 0 saturated heterocycles. The van der Waals surface area contributed by atoms with Crippen molar-refractivity contribution in [2.75, 3.05) is 18.5 Å². The number of carbonyl (C=O) groups excluding carboxylic acids is 2. The van der Waals surface area contributed by atoms with E-state index in [-0.39, 0.29) is 19.1 Å². The number of alkyl carbamates (subject to hydrolysis) is 1. The molecule has 0 heterocycles. The average Bonchev–Trinajstić information content (AvgIpc) is 2.31. The van der Waals surface area contributed by atoms with Crippen molar-refractivity contribution < 1.29 is 14.3 Å². The SMILES string of the molecule is CCOC(=O)NCC(=O)Nc1ccc(C)cc1Br. The number of rotatable bonds is 4. The maximum absolute atomic E-state index is 11.6. The Kier molecular flexibility index (Phi) is 5.64. The van der Waals surface area contributed by atoms with Crippen molar-refractivity contribution in [2.24, 2.45) is 0 Å². The molecule has 18 heavy (non-hydrogen) atoms. The number of ether oxygens (including phenoxy) is 1. The molecule has 6 heteroatoms. The standard InChI is InChI=1S/C12H15BrN2O3/c1-3-18-12(17)14-7-11(16)15-10-5-4-8(2)6-9(10)13/h4-6H,3,7H2,1-2H3,(H,14,17)(H,15,16). The molecule has 0 aliphatic heterocycles. The van der Waals surface area contributed by atoms with Crippen LogP contribution in [0.15, 0.2) is 22.7 Å². The highest BCUT2D eigenvalue weighted by molar-refractivity contribution is 9.10. The number of anilines is 1. The van der Waals surface area contributed by atoms with Crippen LogP contribution in [-0.2, 0) is 9.53 Å². The van der Waals surface area contributed by atoms with E-state index in [4.69, 9.17) is 0 Å². The summed E-state index contributed by atoms with van der Waals surface area (Å²) in [5, 5.41) is 5.02. The van der Waals surface area contributed by atoms with E-state index >= 15 is 0 Å². The largest absolute Gasteiger partial charge is 0.450 e. The minimum Gasteiger partial charge on any atom is -0.450 e. The van der Waals surface area contributed by atoms with Crippen molar-refractivity contribution in [3.05, 3.63) is 28.2 Å². The van der Waals surface area contributed by atoms with Gasteiger partial charge in [-0.25, -0.2) is 4.79 Å². The van der Waals surface area contributed by atoms with Crippen LogP contribution in [0.3, 0.4) is 0 Å². The van der Waals surface area contributed by atoms with E-state index in [1.807, 2.05) is 19.1 Å². The van der Waals surface area contributed by atoms with Gasteiger partial charge in [-0.15, -0.1) is 0 Å². The molecule has 0 unspecified atom stereocenters. The summed E-state index contributed by atoms with van der Waals surface area (Å²) >= 11 is 3.35. The zero-order valence-electron chi connectivity index (χ0n) is 10.2. The Morgan fingerprint density at radius 3 is 2.72 bits per heavy atom. The fourth-order valence-corrected chi connectivity index (χ4v) is 1.84. The monoisotopic (exact) mass is 314 g/mol. The van der Waals surface area contributed by atoms with Gasteiger partial charge in [0.1, 0.15) is 6.54 Å². The zero-order chi connectivity index (χ0) is 13.5. The van der Waals surface area contributed by atoms with Crippen LogP contribution in [0.5, 0.6) is 0 Å². The summed E-state index contributed by atoms with van der Waals surface area (Å²) in [4.78, 5) is 22.5. The van der Waals surface area contributed by atoms with Crippen LogP contribution in [0.25, 0.3) is 0 Å². The lowest BCUT2D eigenvalue weighted by molar-refractivity contribution is -0.115. The van der Waals surface area contributed by atoms with Gasteiger partial charge < -0.3 is 15.4 Å². The van der Waals surface area contributed by atoms with Crippen LogP contribution < -0.4 is 10.6 Å². The second kappa shape index (κ2) is 7.00. The van der Waals surface area contributed by atoms with Gasteiger partial charge in [0.15, 0.2) is 0 Å². The zero-order valence-corrected chi connectivity index (χ0v) is 11.8. The summed E-state index contributed by atoms with van der Waals surface area (Å²) in [7, 11) is 0. The molecule has 2 N–H and O–H groups in total. The minimum atomic E-state index is -0.601. The van der Waals surface area contributed by atoms with Crippen LogP contribution in [0.2, 0.25) is 0 Å². The first-order chi connectivity index (χ1) is 8.52. The fourth-order valence-electron chi connectivity index (χ4n) is 1.25. The number of amides is 2. The van der Waals surface area contributed by atoms with Crippen molar-refractivity contribution in [3.8, 4) is 0 Å². The van der Waals surface area contributed by atoms with E-state index in [2.05, 4.69) is 31.3 Å². The van der Waals surface area contributed by atoms with E-state index in [9.17, 15) is 9.59 Å². The topological polar surface area (TPSA) is 67.4 Å². The highest BCUT2D eigenvalue weighted by atomic mass is 79.9. The van der Waals surface area contributed by atoms with Crippen molar-refractivity contribution in [3.63, 3.8) is 0 Å². The first-order valence-corrected chi connectivity index (χ1v) is 6.29. The van der Waals surface area contributed by atoms with Crippen LogP contribution in [0, 0.1) is 6.92 Å². The highest BCUT2D eigenvalue weighted by Crippen LogP contribution is 2.23. The number of hydrogen-bond donors (Lipinski definition) is 2. The maximum atomic E-state index is 11.6. The Labute approximate surface area is 114 Å². The lowest BCUT2D eigenvalue weighted by Crippen LogP contribution is -2.33. The molecule has 5 nitrogen and oxygen atoms in total. The number of halogens is 1. The smallest absolute Gasteiger partial charge is 0.407 e. The molecule has 0 atom stereocenters. The Morgan fingerprint density at radius 2 is 2.11 bits per heavy atom. The molecule has 0 aromatic heterocycles. The third-order valence-electron chi connectivity index (χ3n) is 2.07. The summed E-state index contributed by atoms with van der Waals surface area (Å²) in [6.07, 6.45) is -0.601. The molecule has 0 saturated carbocycles. The van der Waals surface area contributed by atoms with E-state index in [1.54, 1.807) is 13.0 Å². The maximum Gasteiger partial charge on any atom is 0.407 e. The highest BCUT2D eigenvalue weighted by Gasteiger charge is 2.07. The van der Waals surface area contributed by atoms with Gasteiger partial charge in [0.25, 0.3) is 0 Å². The Hall–Kier alpha value is -1.56. The fraction of sp³-hybridized carbons (Fsp3) is 0.333. The van der Waals surface area contributed by atoms with Gasteiger partial charge in [0.05, 0.1) is 12.3 Å². The molecular weight excluding hydrogens is 300 g/mol. The first kappa shape index (κ1) is 14.5. The van der Waals surface area contributed by atoms with E-state index in [0.717, 1.165) is 10.0 Å². The van der Waals surface area contributed by atoms with Gasteiger partial charge in [0, 0.05) is 4.47 Å². The molecule has 0 aliphatic rings. The predicted molar refractivity (Wildman–Crippen MR) is 72.5 cm³/mol. The summed E-state index contributed by atoms with van der Waals surface area (Å²) in [5.41, 5.74) is 1.75. The van der Waals surface area contributed by atoms with Gasteiger partial charge in [-0.05, 0) is 47.5 Å². The van der Waals surface area contributed by atoms with Crippen molar-refractivity contribution in [1.82, 2.24) is 5.32 Å². The summed E-state index contributed by atoms with van der Waals surface area (Å²) in [5.74, 6) is -0.312. The minimum absolute atomic E-state index is 0.126. The lowest BCUT2D eigenvalue weighted by Gasteiger charge is -2.09. The molecule has 0 fully saturated rings. The van der Waals surface area contributed by atoms with Crippen molar-refractivity contribution in [2.45, 2.75) is 13.8 Å². The lowest BCUT2D eigenvalue weighted by atomic mass is 10.2.